The van der Waals surface area contributed by atoms with Crippen molar-refractivity contribution in [3.05, 3.63) is 80.6 Å². The van der Waals surface area contributed by atoms with Gasteiger partial charge >= 0.3 is 5.69 Å². The van der Waals surface area contributed by atoms with Gasteiger partial charge in [-0.3, -0.25) is 18.7 Å². The molecule has 1 aliphatic rings. The molecule has 0 radical (unpaired) electrons. The molecule has 4 aromatic rings. The maximum absolute atomic E-state index is 13.5. The van der Waals surface area contributed by atoms with E-state index < -0.39 is 0 Å². The minimum Gasteiger partial charge on any atom is -0.358 e. The van der Waals surface area contributed by atoms with Crippen molar-refractivity contribution in [2.24, 2.45) is 0 Å². The Labute approximate surface area is 179 Å². The highest BCUT2D eigenvalue weighted by Gasteiger charge is 2.24. The lowest BCUT2D eigenvalue weighted by Crippen LogP contribution is -2.43. The van der Waals surface area contributed by atoms with Gasteiger partial charge in [0.1, 0.15) is 0 Å². The molecule has 0 saturated heterocycles. The molecule has 0 bridgehead atoms. The molecule has 0 spiro atoms. The lowest BCUT2D eigenvalue weighted by molar-refractivity contribution is 0.0972. The third-order valence-electron chi connectivity index (χ3n) is 6.50. The summed E-state index contributed by atoms with van der Waals surface area (Å²) in [6.07, 6.45) is 4.80. The molecule has 31 heavy (non-hydrogen) atoms. The van der Waals surface area contributed by atoms with Crippen LogP contribution in [0.4, 0.5) is 0 Å². The first-order valence-electron chi connectivity index (χ1n) is 10.9. The molecule has 6 heteroatoms. The van der Waals surface area contributed by atoms with E-state index in [-0.39, 0.29) is 29.6 Å². The third kappa shape index (κ3) is 3.23. The minimum absolute atomic E-state index is 0.102. The van der Waals surface area contributed by atoms with Crippen molar-refractivity contribution < 1.29 is 4.79 Å². The standard InChI is InChI=1S/C25H25N3O3/c1-16-23(18-11-5-7-13-20(18)26-16)22(29)15-27-21-14-8-6-12-19(21)24(30)28(25(27)31)17-9-3-2-4-10-17/h5-8,11-14,17,26H,2-4,9-10,15H2,1H3. The Hall–Kier alpha value is -3.41. The second-order valence-corrected chi connectivity index (χ2v) is 8.45. The fourth-order valence-electron chi connectivity index (χ4n) is 5.01. The molecular formula is C25H25N3O3. The number of fused-ring (bicyclic) bond motifs is 2. The third-order valence-corrected chi connectivity index (χ3v) is 6.50. The van der Waals surface area contributed by atoms with E-state index in [1.165, 1.54) is 9.13 Å². The van der Waals surface area contributed by atoms with Crippen LogP contribution in [-0.4, -0.2) is 19.9 Å². The van der Waals surface area contributed by atoms with Gasteiger partial charge in [-0.15, -0.1) is 0 Å². The van der Waals surface area contributed by atoms with Crippen molar-refractivity contribution in [2.75, 3.05) is 0 Å². The fraction of sp³-hybridized carbons (Fsp3) is 0.320. The minimum atomic E-state index is -0.388. The number of nitrogens with one attached hydrogen (secondary N) is 1. The monoisotopic (exact) mass is 415 g/mol. The lowest BCUT2D eigenvalue weighted by atomic mass is 9.95. The highest BCUT2D eigenvalue weighted by molar-refractivity contribution is 6.09. The first-order valence-corrected chi connectivity index (χ1v) is 10.9. The van der Waals surface area contributed by atoms with Gasteiger partial charge in [0.15, 0.2) is 5.78 Å². The summed E-state index contributed by atoms with van der Waals surface area (Å²) in [4.78, 5) is 43.4. The molecule has 0 amide bonds. The quantitative estimate of drug-likeness (QED) is 0.504. The van der Waals surface area contributed by atoms with Crippen LogP contribution in [0.2, 0.25) is 0 Å². The smallest absolute Gasteiger partial charge is 0.332 e. The number of aromatic nitrogens is 3. The van der Waals surface area contributed by atoms with Crippen LogP contribution in [0.15, 0.2) is 58.1 Å². The molecule has 0 aliphatic heterocycles. The van der Waals surface area contributed by atoms with Crippen molar-refractivity contribution >= 4 is 27.6 Å². The predicted octanol–water partition coefficient (Wildman–Crippen LogP) is 4.34. The fourth-order valence-corrected chi connectivity index (χ4v) is 5.01. The zero-order chi connectivity index (χ0) is 21.5. The number of benzene rings is 2. The van der Waals surface area contributed by atoms with Gasteiger partial charge in [0, 0.05) is 28.2 Å². The number of Topliss-reactive ketones (excluding diaryl/α,β-unsaturated/α-hetero) is 1. The predicted molar refractivity (Wildman–Crippen MR) is 122 cm³/mol. The summed E-state index contributed by atoms with van der Waals surface area (Å²) in [5.74, 6) is -0.143. The van der Waals surface area contributed by atoms with E-state index in [9.17, 15) is 14.4 Å². The van der Waals surface area contributed by atoms with Crippen LogP contribution in [0, 0.1) is 6.92 Å². The van der Waals surface area contributed by atoms with Crippen molar-refractivity contribution in [1.29, 1.82) is 0 Å². The molecule has 1 fully saturated rings. The van der Waals surface area contributed by atoms with Crippen LogP contribution in [-0.2, 0) is 6.54 Å². The molecule has 2 aromatic heterocycles. The zero-order valence-electron chi connectivity index (χ0n) is 17.6. The average molecular weight is 415 g/mol. The van der Waals surface area contributed by atoms with Gasteiger partial charge in [0.2, 0.25) is 0 Å². The van der Waals surface area contributed by atoms with Crippen LogP contribution < -0.4 is 11.2 Å². The van der Waals surface area contributed by atoms with Crippen molar-refractivity contribution in [3.63, 3.8) is 0 Å². The summed E-state index contributed by atoms with van der Waals surface area (Å²) in [7, 11) is 0. The molecule has 1 N–H and O–H groups in total. The van der Waals surface area contributed by atoms with E-state index in [0.717, 1.165) is 48.7 Å². The number of aryl methyl sites for hydroxylation is 1. The van der Waals surface area contributed by atoms with Crippen molar-refractivity contribution in [1.82, 2.24) is 14.1 Å². The number of H-pyrrole nitrogens is 1. The van der Waals surface area contributed by atoms with E-state index >= 15 is 0 Å². The van der Waals surface area contributed by atoms with Crippen LogP contribution in [0.3, 0.4) is 0 Å². The highest BCUT2D eigenvalue weighted by Crippen LogP contribution is 2.27. The van der Waals surface area contributed by atoms with Gasteiger partial charge in [0.05, 0.1) is 17.4 Å². The number of hydrogen-bond acceptors (Lipinski definition) is 3. The molecular weight excluding hydrogens is 390 g/mol. The molecule has 2 aromatic carbocycles. The first kappa shape index (κ1) is 19.5. The maximum atomic E-state index is 13.5. The van der Waals surface area contributed by atoms with E-state index in [1.54, 1.807) is 24.3 Å². The van der Waals surface area contributed by atoms with Crippen molar-refractivity contribution in [2.45, 2.75) is 51.6 Å². The Morgan fingerprint density at radius 2 is 1.65 bits per heavy atom. The number of aromatic amines is 1. The van der Waals surface area contributed by atoms with Gasteiger partial charge in [-0.2, -0.15) is 0 Å². The van der Waals surface area contributed by atoms with Gasteiger partial charge < -0.3 is 4.98 Å². The molecule has 6 nitrogen and oxygen atoms in total. The summed E-state index contributed by atoms with van der Waals surface area (Å²) in [6.45, 7) is 1.77. The maximum Gasteiger partial charge on any atom is 0.332 e. The summed E-state index contributed by atoms with van der Waals surface area (Å²) in [6, 6.07) is 14.7. The molecule has 1 saturated carbocycles. The number of para-hydroxylation sites is 2. The van der Waals surface area contributed by atoms with Crippen molar-refractivity contribution in [3.8, 4) is 0 Å². The molecule has 2 heterocycles. The second kappa shape index (κ2) is 7.69. The zero-order valence-corrected chi connectivity index (χ0v) is 17.6. The summed E-state index contributed by atoms with van der Waals surface area (Å²) < 4.78 is 2.88. The van der Waals surface area contributed by atoms with Gasteiger partial charge in [-0.25, -0.2) is 4.79 Å². The normalized spacial score (nSPS) is 15.0. The molecule has 0 unspecified atom stereocenters. The number of rotatable bonds is 4. The topological polar surface area (TPSA) is 76.9 Å². The van der Waals surface area contributed by atoms with Crippen LogP contribution in [0.5, 0.6) is 0 Å². The summed E-state index contributed by atoms with van der Waals surface area (Å²) >= 11 is 0. The molecule has 0 atom stereocenters. The number of hydrogen-bond donors (Lipinski definition) is 1. The Morgan fingerprint density at radius 1 is 0.968 bits per heavy atom. The highest BCUT2D eigenvalue weighted by atomic mass is 16.2. The first-order chi connectivity index (χ1) is 15.1. The number of nitrogens with zero attached hydrogens (tertiary/aromatic N) is 2. The largest absolute Gasteiger partial charge is 0.358 e. The molecule has 158 valence electrons. The summed E-state index contributed by atoms with van der Waals surface area (Å²) in [5, 5.41) is 1.33. The van der Waals surface area contributed by atoms with E-state index in [2.05, 4.69) is 4.98 Å². The SMILES string of the molecule is Cc1[nH]c2ccccc2c1C(=O)Cn1c(=O)n(C2CCCCC2)c(=O)c2ccccc21. The van der Waals surface area contributed by atoms with Gasteiger partial charge in [-0.05, 0) is 38.0 Å². The Morgan fingerprint density at radius 3 is 2.42 bits per heavy atom. The van der Waals surface area contributed by atoms with Crippen LogP contribution in [0.25, 0.3) is 21.8 Å². The molecule has 5 rings (SSSR count). The Balaban J connectivity index is 1.67. The Bertz CT molecular complexity index is 1420. The van der Waals surface area contributed by atoms with Crippen LogP contribution >= 0.6 is 0 Å². The Kier molecular flexibility index (Phi) is 4.85. The second-order valence-electron chi connectivity index (χ2n) is 8.45. The molecule has 1 aliphatic carbocycles. The van der Waals surface area contributed by atoms with E-state index in [4.69, 9.17) is 0 Å². The van der Waals surface area contributed by atoms with E-state index in [0.29, 0.717) is 16.5 Å². The van der Waals surface area contributed by atoms with Crippen LogP contribution in [0.1, 0.15) is 54.2 Å². The van der Waals surface area contributed by atoms with Gasteiger partial charge in [0.25, 0.3) is 5.56 Å². The lowest BCUT2D eigenvalue weighted by Gasteiger charge is -2.24. The number of carbonyl (C=O) groups excluding carboxylic acids is 1. The average Bonchev–Trinajstić information content (AvgIpc) is 3.13. The van der Waals surface area contributed by atoms with Gasteiger partial charge in [-0.1, -0.05) is 49.6 Å². The summed E-state index contributed by atoms with van der Waals surface area (Å²) in [5.41, 5.74) is 2.15. The van der Waals surface area contributed by atoms with E-state index in [1.807, 2.05) is 31.2 Å². The number of ketones is 1. The number of carbonyl (C=O) groups is 1.